The van der Waals surface area contributed by atoms with E-state index in [2.05, 4.69) is 11.8 Å². The van der Waals surface area contributed by atoms with E-state index in [1.807, 2.05) is 13.0 Å². The van der Waals surface area contributed by atoms with Gasteiger partial charge in [0, 0.05) is 11.1 Å². The lowest BCUT2D eigenvalue weighted by Gasteiger charge is -2.09. The van der Waals surface area contributed by atoms with E-state index >= 15 is 0 Å². The Morgan fingerprint density at radius 2 is 2.05 bits per heavy atom. The monoisotopic (exact) mass is 303 g/mol. The molecule has 0 bridgehead atoms. The highest BCUT2D eigenvalue weighted by Crippen LogP contribution is 2.26. The van der Waals surface area contributed by atoms with Crippen LogP contribution in [0.3, 0.4) is 0 Å². The van der Waals surface area contributed by atoms with Gasteiger partial charge in [0.1, 0.15) is 18.2 Å². The first kappa shape index (κ1) is 15.4. The highest BCUT2D eigenvalue weighted by molar-refractivity contribution is 6.32. The summed E-state index contributed by atoms with van der Waals surface area (Å²) in [5, 5.41) is 0.515. The minimum Gasteiger partial charge on any atom is -0.487 e. The summed E-state index contributed by atoms with van der Waals surface area (Å²) in [5.74, 6) is 5.65. The van der Waals surface area contributed by atoms with Crippen molar-refractivity contribution in [1.29, 1.82) is 0 Å². The van der Waals surface area contributed by atoms with Crippen molar-refractivity contribution in [3.05, 3.63) is 63.9 Å². The molecule has 0 aromatic heterocycles. The molecule has 0 saturated heterocycles. The van der Waals surface area contributed by atoms with Crippen LogP contribution >= 0.6 is 11.6 Å². The molecule has 0 aliphatic heterocycles. The average molecular weight is 304 g/mol. The van der Waals surface area contributed by atoms with Crippen LogP contribution in [-0.4, -0.2) is 6.54 Å². The molecule has 0 aliphatic rings. The summed E-state index contributed by atoms with van der Waals surface area (Å²) in [6.45, 7) is 2.30. The quantitative estimate of drug-likeness (QED) is 0.878. The molecule has 2 aromatic rings. The molecule has 108 valence electrons. The largest absolute Gasteiger partial charge is 0.487 e. The van der Waals surface area contributed by atoms with Gasteiger partial charge in [0.05, 0.1) is 11.6 Å². The van der Waals surface area contributed by atoms with Gasteiger partial charge in [0.25, 0.3) is 0 Å². The van der Waals surface area contributed by atoms with Gasteiger partial charge in [-0.2, -0.15) is 0 Å². The fraction of sp³-hybridized carbons (Fsp3) is 0.176. The highest BCUT2D eigenvalue weighted by Gasteiger charge is 2.06. The Bertz CT molecular complexity index is 704. The topological polar surface area (TPSA) is 35.2 Å². The van der Waals surface area contributed by atoms with Crippen LogP contribution in [0.2, 0.25) is 5.02 Å². The standard InChI is InChI=1S/C17H15ClFNO/c1-12-4-7-17(15(18)9-12)21-11-14-6-5-13(3-2-8-20)10-16(14)19/h4-7,9-10H,8,11,20H2,1H3. The Morgan fingerprint density at radius 1 is 1.24 bits per heavy atom. The molecule has 2 nitrogen and oxygen atoms in total. The van der Waals surface area contributed by atoms with Crippen LogP contribution in [-0.2, 0) is 6.61 Å². The van der Waals surface area contributed by atoms with Crippen LogP contribution < -0.4 is 10.5 Å². The lowest BCUT2D eigenvalue weighted by atomic mass is 10.1. The number of hydrogen-bond donors (Lipinski definition) is 1. The molecule has 0 saturated carbocycles. The van der Waals surface area contributed by atoms with E-state index in [4.69, 9.17) is 22.1 Å². The van der Waals surface area contributed by atoms with Gasteiger partial charge in [-0.1, -0.05) is 35.6 Å². The summed E-state index contributed by atoms with van der Waals surface area (Å²) in [4.78, 5) is 0. The molecule has 0 amide bonds. The number of ether oxygens (including phenoxy) is 1. The molecule has 4 heteroatoms. The van der Waals surface area contributed by atoms with Gasteiger partial charge in [-0.05, 0) is 36.8 Å². The molecular weight excluding hydrogens is 289 g/mol. The number of aryl methyl sites for hydroxylation is 1. The van der Waals surface area contributed by atoms with Gasteiger partial charge < -0.3 is 10.5 Å². The second kappa shape index (κ2) is 7.12. The molecule has 2 aromatic carbocycles. The van der Waals surface area contributed by atoms with E-state index in [9.17, 15) is 4.39 Å². The molecule has 0 atom stereocenters. The van der Waals surface area contributed by atoms with Crippen LogP contribution in [0.1, 0.15) is 16.7 Å². The number of benzene rings is 2. The molecular formula is C17H15ClFNO. The molecule has 21 heavy (non-hydrogen) atoms. The predicted molar refractivity (Wildman–Crippen MR) is 82.9 cm³/mol. The van der Waals surface area contributed by atoms with Crippen molar-refractivity contribution in [2.45, 2.75) is 13.5 Å². The molecule has 0 unspecified atom stereocenters. The Kier molecular flexibility index (Phi) is 5.21. The van der Waals surface area contributed by atoms with Gasteiger partial charge in [0.2, 0.25) is 0 Å². The molecule has 2 rings (SSSR count). The van der Waals surface area contributed by atoms with Crippen molar-refractivity contribution in [3.8, 4) is 17.6 Å². The van der Waals surface area contributed by atoms with Gasteiger partial charge in [-0.15, -0.1) is 0 Å². The van der Waals surface area contributed by atoms with Crippen molar-refractivity contribution in [3.63, 3.8) is 0 Å². The Hall–Kier alpha value is -2.02. The van der Waals surface area contributed by atoms with Crippen LogP contribution in [0.15, 0.2) is 36.4 Å². The summed E-state index contributed by atoms with van der Waals surface area (Å²) < 4.78 is 19.5. The summed E-state index contributed by atoms with van der Waals surface area (Å²) in [7, 11) is 0. The van der Waals surface area contributed by atoms with Crippen LogP contribution in [0.4, 0.5) is 4.39 Å². The molecule has 0 fully saturated rings. The number of rotatable bonds is 3. The third-order valence-corrected chi connectivity index (χ3v) is 3.15. The first-order valence-electron chi connectivity index (χ1n) is 6.46. The predicted octanol–water partition coefficient (Wildman–Crippen LogP) is 3.68. The molecule has 2 N–H and O–H groups in total. The third-order valence-electron chi connectivity index (χ3n) is 2.86. The van der Waals surface area contributed by atoms with E-state index in [0.717, 1.165) is 5.56 Å². The van der Waals surface area contributed by atoms with Gasteiger partial charge in [-0.25, -0.2) is 4.39 Å². The zero-order valence-electron chi connectivity index (χ0n) is 11.6. The number of nitrogens with two attached hydrogens (primary N) is 1. The average Bonchev–Trinajstić information content (AvgIpc) is 2.45. The lowest BCUT2D eigenvalue weighted by Crippen LogP contribution is -1.99. The van der Waals surface area contributed by atoms with Crippen molar-refractivity contribution in [2.24, 2.45) is 5.73 Å². The second-order valence-corrected chi connectivity index (χ2v) is 4.94. The van der Waals surface area contributed by atoms with Gasteiger partial charge in [0.15, 0.2) is 0 Å². The molecule has 0 radical (unpaired) electrons. The summed E-state index contributed by atoms with van der Waals surface area (Å²) in [6, 6.07) is 10.2. The zero-order chi connectivity index (χ0) is 15.2. The Labute approximate surface area is 128 Å². The van der Waals surface area contributed by atoms with Crippen molar-refractivity contribution in [1.82, 2.24) is 0 Å². The first-order valence-corrected chi connectivity index (χ1v) is 6.84. The zero-order valence-corrected chi connectivity index (χ0v) is 12.4. The lowest BCUT2D eigenvalue weighted by molar-refractivity contribution is 0.300. The van der Waals surface area contributed by atoms with E-state index in [0.29, 0.717) is 21.9 Å². The van der Waals surface area contributed by atoms with Gasteiger partial charge in [-0.3, -0.25) is 0 Å². The maximum Gasteiger partial charge on any atom is 0.138 e. The summed E-state index contributed by atoms with van der Waals surface area (Å²) in [5.41, 5.74) is 7.37. The number of hydrogen-bond acceptors (Lipinski definition) is 2. The van der Waals surface area contributed by atoms with E-state index in [-0.39, 0.29) is 19.0 Å². The minimum absolute atomic E-state index is 0.110. The molecule has 0 heterocycles. The normalized spacial score (nSPS) is 9.90. The molecule has 0 spiro atoms. The third kappa shape index (κ3) is 4.22. The second-order valence-electron chi connectivity index (χ2n) is 4.53. The van der Waals surface area contributed by atoms with Crippen LogP contribution in [0.25, 0.3) is 0 Å². The fourth-order valence-electron chi connectivity index (χ4n) is 1.77. The van der Waals surface area contributed by atoms with Crippen LogP contribution in [0.5, 0.6) is 5.75 Å². The van der Waals surface area contributed by atoms with Crippen molar-refractivity contribution >= 4 is 11.6 Å². The van der Waals surface area contributed by atoms with E-state index in [1.165, 1.54) is 6.07 Å². The minimum atomic E-state index is -0.359. The summed E-state index contributed by atoms with van der Waals surface area (Å²) in [6.07, 6.45) is 0. The Morgan fingerprint density at radius 3 is 2.71 bits per heavy atom. The fourth-order valence-corrected chi connectivity index (χ4v) is 2.06. The maximum atomic E-state index is 13.9. The van der Waals surface area contributed by atoms with Gasteiger partial charge >= 0.3 is 0 Å². The SMILES string of the molecule is Cc1ccc(OCc2ccc(C#CCN)cc2F)c(Cl)c1. The Balaban J connectivity index is 2.09. The first-order chi connectivity index (χ1) is 10.1. The van der Waals surface area contributed by atoms with Crippen LogP contribution in [0, 0.1) is 24.6 Å². The maximum absolute atomic E-state index is 13.9. The van der Waals surface area contributed by atoms with Crippen molar-refractivity contribution in [2.75, 3.05) is 6.54 Å². The smallest absolute Gasteiger partial charge is 0.138 e. The molecule has 0 aliphatic carbocycles. The van der Waals surface area contributed by atoms with E-state index < -0.39 is 0 Å². The highest BCUT2D eigenvalue weighted by atomic mass is 35.5. The summed E-state index contributed by atoms with van der Waals surface area (Å²) >= 11 is 6.07. The van der Waals surface area contributed by atoms with E-state index in [1.54, 1.807) is 24.3 Å². The number of halogens is 2. The van der Waals surface area contributed by atoms with Crippen molar-refractivity contribution < 1.29 is 9.13 Å².